The third kappa shape index (κ3) is 2.39. The van der Waals surface area contributed by atoms with Gasteiger partial charge < -0.3 is 10.4 Å². The Labute approximate surface area is 120 Å². The minimum Gasteiger partial charge on any atom is -0.508 e. The van der Waals surface area contributed by atoms with Crippen LogP contribution in [0.4, 0.5) is 0 Å². The third-order valence-electron chi connectivity index (χ3n) is 4.26. The minimum absolute atomic E-state index is 0.295. The number of phenols is 1. The summed E-state index contributed by atoms with van der Waals surface area (Å²) in [5.41, 5.74) is 1.09. The van der Waals surface area contributed by atoms with Gasteiger partial charge in [0.1, 0.15) is 5.75 Å². The van der Waals surface area contributed by atoms with Crippen molar-refractivity contribution < 1.29 is 5.11 Å². The van der Waals surface area contributed by atoms with Crippen LogP contribution in [-0.2, 0) is 0 Å². The van der Waals surface area contributed by atoms with Crippen LogP contribution < -0.4 is 5.32 Å². The van der Waals surface area contributed by atoms with Gasteiger partial charge in [0, 0.05) is 37.8 Å². The molecule has 1 saturated heterocycles. The first-order chi connectivity index (χ1) is 9.81. The lowest BCUT2D eigenvalue weighted by Crippen LogP contribution is -2.45. The molecule has 1 aliphatic heterocycles. The van der Waals surface area contributed by atoms with Gasteiger partial charge in [-0.15, -0.1) is 0 Å². The lowest BCUT2D eigenvalue weighted by Gasteiger charge is -2.35. The standard InChI is InChI=1S/C17H22N2O/c1-2-15(19-11-9-18-10-12-19)17-14-6-4-3-5-13(14)7-8-16(17)20/h3-8,15,18,20H,2,9-12H2,1H3/t15-/m1/s1. The largest absolute Gasteiger partial charge is 0.508 e. The van der Waals surface area contributed by atoms with Gasteiger partial charge in [0.15, 0.2) is 0 Å². The highest BCUT2D eigenvalue weighted by molar-refractivity contribution is 5.88. The first kappa shape index (κ1) is 13.4. The van der Waals surface area contributed by atoms with E-state index in [2.05, 4.69) is 41.4 Å². The summed E-state index contributed by atoms with van der Waals surface area (Å²) in [4.78, 5) is 2.48. The summed E-state index contributed by atoms with van der Waals surface area (Å²) in [6, 6.07) is 12.5. The van der Waals surface area contributed by atoms with E-state index in [1.165, 1.54) is 10.8 Å². The number of phenolic OH excluding ortho intramolecular Hbond substituents is 1. The van der Waals surface area contributed by atoms with Gasteiger partial charge in [0.05, 0.1) is 0 Å². The fraction of sp³-hybridized carbons (Fsp3) is 0.412. The van der Waals surface area contributed by atoms with Crippen molar-refractivity contribution in [3.63, 3.8) is 0 Å². The fourth-order valence-electron chi connectivity index (χ4n) is 3.27. The Kier molecular flexibility index (Phi) is 3.90. The summed E-state index contributed by atoms with van der Waals surface area (Å²) in [5, 5.41) is 16.2. The average Bonchev–Trinajstić information content (AvgIpc) is 2.51. The van der Waals surface area contributed by atoms with Crippen LogP contribution in [0.5, 0.6) is 5.75 Å². The minimum atomic E-state index is 0.295. The van der Waals surface area contributed by atoms with Crippen molar-refractivity contribution in [3.8, 4) is 5.75 Å². The van der Waals surface area contributed by atoms with E-state index in [1.54, 1.807) is 0 Å². The number of nitrogens with one attached hydrogen (secondary N) is 1. The molecule has 0 aromatic heterocycles. The molecule has 106 valence electrons. The van der Waals surface area contributed by atoms with Crippen LogP contribution in [0.1, 0.15) is 24.9 Å². The summed E-state index contributed by atoms with van der Waals surface area (Å²) in [6.07, 6.45) is 1.02. The second-order valence-electron chi connectivity index (χ2n) is 5.43. The molecule has 3 rings (SSSR count). The molecule has 1 aliphatic rings. The predicted molar refractivity (Wildman–Crippen MR) is 83.1 cm³/mol. The molecule has 1 heterocycles. The molecule has 0 radical (unpaired) electrons. The number of piperazine rings is 1. The number of nitrogens with zero attached hydrogens (tertiary/aromatic N) is 1. The van der Waals surface area contributed by atoms with Crippen molar-refractivity contribution in [2.45, 2.75) is 19.4 Å². The molecule has 2 aromatic rings. The lowest BCUT2D eigenvalue weighted by molar-refractivity contribution is 0.168. The normalized spacial score (nSPS) is 18.2. The van der Waals surface area contributed by atoms with Crippen LogP contribution in [0.25, 0.3) is 10.8 Å². The van der Waals surface area contributed by atoms with Crippen LogP contribution in [-0.4, -0.2) is 36.2 Å². The molecule has 0 aliphatic carbocycles. The Bertz CT molecular complexity index is 591. The van der Waals surface area contributed by atoms with Crippen molar-refractivity contribution in [3.05, 3.63) is 42.0 Å². The van der Waals surface area contributed by atoms with E-state index < -0.39 is 0 Å². The average molecular weight is 270 g/mol. The van der Waals surface area contributed by atoms with Crippen LogP contribution in [0.2, 0.25) is 0 Å². The van der Waals surface area contributed by atoms with Gasteiger partial charge >= 0.3 is 0 Å². The Morgan fingerprint density at radius 2 is 1.90 bits per heavy atom. The fourth-order valence-corrected chi connectivity index (χ4v) is 3.27. The van der Waals surface area contributed by atoms with Gasteiger partial charge in [-0.3, -0.25) is 4.90 Å². The Morgan fingerprint density at radius 3 is 2.65 bits per heavy atom. The second-order valence-corrected chi connectivity index (χ2v) is 5.43. The number of aromatic hydroxyl groups is 1. The number of hydrogen-bond donors (Lipinski definition) is 2. The zero-order valence-electron chi connectivity index (χ0n) is 12.0. The van der Waals surface area contributed by atoms with Crippen LogP contribution >= 0.6 is 0 Å². The molecule has 3 nitrogen and oxygen atoms in total. The molecule has 2 aromatic carbocycles. The quantitative estimate of drug-likeness (QED) is 0.900. The van der Waals surface area contributed by atoms with E-state index in [4.69, 9.17) is 0 Å². The number of rotatable bonds is 3. The van der Waals surface area contributed by atoms with Gasteiger partial charge in [-0.05, 0) is 23.3 Å². The topological polar surface area (TPSA) is 35.5 Å². The van der Waals surface area contributed by atoms with E-state index in [0.29, 0.717) is 11.8 Å². The monoisotopic (exact) mass is 270 g/mol. The highest BCUT2D eigenvalue weighted by atomic mass is 16.3. The molecule has 1 atom stereocenters. The smallest absolute Gasteiger partial charge is 0.121 e. The molecule has 0 saturated carbocycles. The van der Waals surface area contributed by atoms with Crippen LogP contribution in [0.3, 0.4) is 0 Å². The first-order valence-electron chi connectivity index (χ1n) is 7.46. The van der Waals surface area contributed by atoms with E-state index in [0.717, 1.165) is 38.2 Å². The maximum atomic E-state index is 10.4. The van der Waals surface area contributed by atoms with Gasteiger partial charge in [0.2, 0.25) is 0 Å². The maximum Gasteiger partial charge on any atom is 0.121 e. The predicted octanol–water partition coefficient (Wildman–Crippen LogP) is 2.90. The SMILES string of the molecule is CC[C@H](c1c(O)ccc2ccccc12)N1CCNCC1. The molecule has 1 fully saturated rings. The molecular formula is C17H22N2O. The van der Waals surface area contributed by atoms with Crippen molar-refractivity contribution in [1.82, 2.24) is 10.2 Å². The third-order valence-corrected chi connectivity index (χ3v) is 4.26. The zero-order valence-corrected chi connectivity index (χ0v) is 12.0. The summed E-state index contributed by atoms with van der Waals surface area (Å²) in [6.45, 7) is 6.35. The molecule has 0 unspecified atom stereocenters. The highest BCUT2D eigenvalue weighted by Crippen LogP contribution is 2.37. The summed E-state index contributed by atoms with van der Waals surface area (Å²) in [7, 11) is 0. The number of fused-ring (bicyclic) bond motifs is 1. The van der Waals surface area contributed by atoms with E-state index in [-0.39, 0.29) is 0 Å². The summed E-state index contributed by atoms with van der Waals surface area (Å²) in [5.74, 6) is 0.425. The van der Waals surface area contributed by atoms with E-state index in [9.17, 15) is 5.11 Å². The zero-order chi connectivity index (χ0) is 13.9. The molecular weight excluding hydrogens is 248 g/mol. The van der Waals surface area contributed by atoms with Gasteiger partial charge in [-0.2, -0.15) is 0 Å². The van der Waals surface area contributed by atoms with Gasteiger partial charge in [0.25, 0.3) is 0 Å². The van der Waals surface area contributed by atoms with Crippen molar-refractivity contribution in [2.75, 3.05) is 26.2 Å². The summed E-state index contributed by atoms with van der Waals surface area (Å²) < 4.78 is 0. The van der Waals surface area contributed by atoms with Crippen molar-refractivity contribution in [2.24, 2.45) is 0 Å². The molecule has 0 spiro atoms. The first-order valence-corrected chi connectivity index (χ1v) is 7.46. The van der Waals surface area contributed by atoms with E-state index >= 15 is 0 Å². The van der Waals surface area contributed by atoms with Crippen LogP contribution in [0, 0.1) is 0 Å². The molecule has 0 bridgehead atoms. The van der Waals surface area contributed by atoms with Gasteiger partial charge in [-0.1, -0.05) is 37.3 Å². The summed E-state index contributed by atoms with van der Waals surface area (Å²) >= 11 is 0. The number of hydrogen-bond acceptors (Lipinski definition) is 3. The lowest BCUT2D eigenvalue weighted by atomic mass is 9.94. The maximum absolute atomic E-state index is 10.4. The van der Waals surface area contributed by atoms with E-state index in [1.807, 2.05) is 12.1 Å². The Balaban J connectivity index is 2.08. The molecule has 3 heteroatoms. The van der Waals surface area contributed by atoms with Crippen molar-refractivity contribution in [1.29, 1.82) is 0 Å². The van der Waals surface area contributed by atoms with Gasteiger partial charge in [-0.25, -0.2) is 0 Å². The second kappa shape index (κ2) is 5.81. The van der Waals surface area contributed by atoms with Crippen LogP contribution in [0.15, 0.2) is 36.4 Å². The Hall–Kier alpha value is -1.58. The highest BCUT2D eigenvalue weighted by Gasteiger charge is 2.24. The molecule has 20 heavy (non-hydrogen) atoms. The Morgan fingerprint density at radius 1 is 1.15 bits per heavy atom. The van der Waals surface area contributed by atoms with Crippen molar-refractivity contribution >= 4 is 10.8 Å². The molecule has 0 amide bonds. The molecule has 2 N–H and O–H groups in total. The number of benzene rings is 2.